The molecule has 0 spiro atoms. The summed E-state index contributed by atoms with van der Waals surface area (Å²) >= 11 is 0. The lowest BCUT2D eigenvalue weighted by atomic mass is 9.88. The molecule has 140 valence electrons. The van der Waals surface area contributed by atoms with Crippen LogP contribution in [-0.4, -0.2) is 41.2 Å². The summed E-state index contributed by atoms with van der Waals surface area (Å²) in [5.41, 5.74) is 4.47. The van der Waals surface area contributed by atoms with Crippen LogP contribution >= 0.6 is 0 Å². The molecule has 0 aliphatic carbocycles. The number of Topliss-reactive ketones (excluding diaryl/α,β-unsaturated/α-hetero) is 1. The summed E-state index contributed by atoms with van der Waals surface area (Å²) in [5, 5.41) is 7.75. The van der Waals surface area contributed by atoms with Crippen LogP contribution in [0.15, 0.2) is 41.0 Å². The molecule has 1 aliphatic rings. The number of methoxy groups -OCH3 is 1. The first-order valence-corrected chi connectivity index (χ1v) is 9.26. The highest BCUT2D eigenvalue weighted by Crippen LogP contribution is 2.26. The van der Waals surface area contributed by atoms with Gasteiger partial charge in [-0.25, -0.2) is 4.63 Å². The lowest BCUT2D eigenvalue weighted by molar-refractivity contribution is 0.0811. The van der Waals surface area contributed by atoms with E-state index in [0.717, 1.165) is 65.9 Å². The Labute approximate surface area is 158 Å². The molecule has 0 bridgehead atoms. The van der Waals surface area contributed by atoms with Crippen LogP contribution in [0.2, 0.25) is 0 Å². The summed E-state index contributed by atoms with van der Waals surface area (Å²) in [7, 11) is 1.64. The number of likely N-dealkylation sites (tertiary alicyclic amines) is 1. The van der Waals surface area contributed by atoms with Crippen molar-refractivity contribution in [2.24, 2.45) is 5.92 Å². The highest BCUT2D eigenvalue weighted by molar-refractivity contribution is 5.99. The van der Waals surface area contributed by atoms with Gasteiger partial charge < -0.3 is 4.74 Å². The first-order valence-electron chi connectivity index (χ1n) is 9.26. The lowest BCUT2D eigenvalue weighted by Crippen LogP contribution is -2.38. The number of fused-ring (bicyclic) bond motifs is 1. The molecular formula is C21H23N3O3. The molecule has 2 aromatic carbocycles. The number of rotatable bonds is 5. The van der Waals surface area contributed by atoms with Crippen molar-refractivity contribution in [3.05, 3.63) is 53.1 Å². The zero-order chi connectivity index (χ0) is 18.8. The summed E-state index contributed by atoms with van der Waals surface area (Å²) in [4.78, 5) is 15.4. The topological polar surface area (TPSA) is 68.5 Å². The van der Waals surface area contributed by atoms with E-state index in [9.17, 15) is 4.79 Å². The Bertz CT molecular complexity index is 966. The fourth-order valence-corrected chi connectivity index (χ4v) is 3.86. The molecule has 0 radical (unpaired) electrons. The number of carbonyl (C=O) groups excluding carboxylic acids is 1. The zero-order valence-electron chi connectivity index (χ0n) is 15.6. The summed E-state index contributed by atoms with van der Waals surface area (Å²) < 4.78 is 10.0. The summed E-state index contributed by atoms with van der Waals surface area (Å²) in [6, 6.07) is 11.7. The number of benzene rings is 2. The Kier molecular flexibility index (Phi) is 4.90. The second-order valence-corrected chi connectivity index (χ2v) is 7.21. The maximum atomic E-state index is 13.1. The minimum atomic E-state index is 0.0308. The van der Waals surface area contributed by atoms with Gasteiger partial charge in [-0.3, -0.25) is 9.69 Å². The van der Waals surface area contributed by atoms with Gasteiger partial charge in [0.05, 0.1) is 7.11 Å². The summed E-state index contributed by atoms with van der Waals surface area (Å²) in [6.45, 7) is 4.55. The van der Waals surface area contributed by atoms with Crippen molar-refractivity contribution in [2.75, 3.05) is 20.2 Å². The summed E-state index contributed by atoms with van der Waals surface area (Å²) in [6.07, 6.45) is 1.96. The molecule has 1 saturated heterocycles. The smallest absolute Gasteiger partial charge is 0.167 e. The molecule has 0 saturated carbocycles. The SMILES string of the molecule is COc1ccc(C(=O)[C@H]2CCCN(Cc3ccc4nonc4c3)C2)c(C)c1. The second-order valence-electron chi connectivity index (χ2n) is 7.21. The van der Waals surface area contributed by atoms with Gasteiger partial charge >= 0.3 is 0 Å². The van der Waals surface area contributed by atoms with E-state index in [0.29, 0.717) is 0 Å². The molecule has 6 nitrogen and oxygen atoms in total. The van der Waals surface area contributed by atoms with Crippen LogP contribution in [0.1, 0.15) is 34.3 Å². The number of ether oxygens (including phenoxy) is 1. The van der Waals surface area contributed by atoms with Gasteiger partial charge in [-0.2, -0.15) is 0 Å². The van der Waals surface area contributed by atoms with Crippen molar-refractivity contribution in [3.63, 3.8) is 0 Å². The fraction of sp³-hybridized carbons (Fsp3) is 0.381. The molecule has 1 atom stereocenters. The molecule has 27 heavy (non-hydrogen) atoms. The zero-order valence-corrected chi connectivity index (χ0v) is 15.6. The maximum Gasteiger partial charge on any atom is 0.167 e. The van der Waals surface area contributed by atoms with Crippen molar-refractivity contribution in [1.29, 1.82) is 0 Å². The van der Waals surface area contributed by atoms with Gasteiger partial charge in [0.1, 0.15) is 16.8 Å². The van der Waals surface area contributed by atoms with E-state index in [1.54, 1.807) is 7.11 Å². The molecule has 1 aliphatic heterocycles. The van der Waals surface area contributed by atoms with Crippen molar-refractivity contribution < 1.29 is 14.2 Å². The molecule has 0 amide bonds. The molecule has 4 rings (SSSR count). The van der Waals surface area contributed by atoms with Crippen molar-refractivity contribution in [2.45, 2.75) is 26.3 Å². The van der Waals surface area contributed by atoms with E-state index in [4.69, 9.17) is 9.37 Å². The third-order valence-electron chi connectivity index (χ3n) is 5.30. The lowest BCUT2D eigenvalue weighted by Gasteiger charge is -2.32. The predicted molar refractivity (Wildman–Crippen MR) is 102 cm³/mol. The molecule has 2 heterocycles. The fourth-order valence-electron chi connectivity index (χ4n) is 3.86. The average Bonchev–Trinajstić information content (AvgIpc) is 3.15. The minimum Gasteiger partial charge on any atom is -0.497 e. The number of nitrogens with zero attached hydrogens (tertiary/aromatic N) is 3. The number of piperidine rings is 1. The van der Waals surface area contributed by atoms with E-state index in [1.165, 1.54) is 0 Å². The molecule has 0 N–H and O–H groups in total. The molecule has 0 unspecified atom stereocenters. The van der Waals surface area contributed by atoms with E-state index in [1.807, 2.05) is 43.3 Å². The number of carbonyl (C=O) groups is 1. The minimum absolute atomic E-state index is 0.0308. The van der Waals surface area contributed by atoms with Crippen LogP contribution in [0.4, 0.5) is 0 Å². The van der Waals surface area contributed by atoms with Crippen molar-refractivity contribution >= 4 is 16.8 Å². The van der Waals surface area contributed by atoms with Crippen LogP contribution < -0.4 is 4.74 Å². The van der Waals surface area contributed by atoms with Gasteiger partial charge in [0.2, 0.25) is 0 Å². The highest BCUT2D eigenvalue weighted by Gasteiger charge is 2.27. The monoisotopic (exact) mass is 365 g/mol. The Morgan fingerprint density at radius 2 is 2.07 bits per heavy atom. The van der Waals surface area contributed by atoms with Crippen molar-refractivity contribution in [1.82, 2.24) is 15.2 Å². The van der Waals surface area contributed by atoms with Crippen LogP contribution in [0.25, 0.3) is 11.0 Å². The third kappa shape index (κ3) is 3.71. The molecule has 1 aromatic heterocycles. The van der Waals surface area contributed by atoms with E-state index >= 15 is 0 Å². The quantitative estimate of drug-likeness (QED) is 0.643. The normalized spacial score (nSPS) is 17.9. The third-order valence-corrected chi connectivity index (χ3v) is 5.30. The van der Waals surface area contributed by atoms with Crippen LogP contribution in [0.5, 0.6) is 5.75 Å². The highest BCUT2D eigenvalue weighted by atomic mass is 16.6. The Morgan fingerprint density at radius 3 is 2.89 bits per heavy atom. The number of aromatic nitrogens is 2. The Balaban J connectivity index is 1.46. The maximum absolute atomic E-state index is 13.1. The van der Waals surface area contributed by atoms with Gasteiger partial charge in [0, 0.05) is 24.6 Å². The predicted octanol–water partition coefficient (Wildman–Crippen LogP) is 3.63. The Morgan fingerprint density at radius 1 is 1.22 bits per heavy atom. The van der Waals surface area contributed by atoms with Gasteiger partial charge in [0.15, 0.2) is 5.78 Å². The summed E-state index contributed by atoms with van der Waals surface area (Å²) in [5.74, 6) is 1.05. The number of aryl methyl sites for hydroxylation is 1. The van der Waals surface area contributed by atoms with Gasteiger partial charge in [-0.1, -0.05) is 6.07 Å². The number of ketones is 1. The van der Waals surface area contributed by atoms with Crippen LogP contribution in [-0.2, 0) is 6.54 Å². The van der Waals surface area contributed by atoms with Gasteiger partial charge in [-0.05, 0) is 78.1 Å². The van der Waals surface area contributed by atoms with Crippen molar-refractivity contribution in [3.8, 4) is 5.75 Å². The first kappa shape index (κ1) is 17.7. The molecule has 6 heteroatoms. The second kappa shape index (κ2) is 7.48. The number of hydrogen-bond acceptors (Lipinski definition) is 6. The van der Waals surface area contributed by atoms with Gasteiger partial charge in [-0.15, -0.1) is 0 Å². The van der Waals surface area contributed by atoms with E-state index < -0.39 is 0 Å². The Hall–Kier alpha value is -2.73. The van der Waals surface area contributed by atoms with Gasteiger partial charge in [0.25, 0.3) is 0 Å². The van der Waals surface area contributed by atoms with E-state index in [-0.39, 0.29) is 11.7 Å². The van der Waals surface area contributed by atoms with Crippen LogP contribution in [0.3, 0.4) is 0 Å². The standard InChI is InChI=1S/C21H23N3O3/c1-14-10-17(26-2)6-7-18(14)21(25)16-4-3-9-24(13-16)12-15-5-8-19-20(11-15)23-27-22-19/h5-8,10-11,16H,3-4,9,12-13H2,1-2H3/t16-/m0/s1. The van der Waals surface area contributed by atoms with Crippen LogP contribution in [0, 0.1) is 12.8 Å². The largest absolute Gasteiger partial charge is 0.497 e. The van der Waals surface area contributed by atoms with E-state index in [2.05, 4.69) is 15.2 Å². The first-order chi connectivity index (χ1) is 13.1. The average molecular weight is 365 g/mol. The molecular weight excluding hydrogens is 342 g/mol. The molecule has 3 aromatic rings. The number of hydrogen-bond donors (Lipinski definition) is 0. The molecule has 1 fully saturated rings.